The number of benzene rings is 9. The molecular weight excluding hydrogens is 867 g/mol. The average Bonchev–Trinajstić information content (AvgIpc) is 3.73. The number of aliphatic imine (C=N–C) groups is 1. The number of hydrogen-bond donors (Lipinski definition) is 3. The van der Waals surface area contributed by atoms with Crippen LogP contribution in [-0.2, 0) is 0 Å². The van der Waals surface area contributed by atoms with Crippen LogP contribution >= 0.6 is 0 Å². The van der Waals surface area contributed by atoms with E-state index in [1.54, 1.807) is 0 Å². The molecule has 0 radical (unpaired) electrons. The summed E-state index contributed by atoms with van der Waals surface area (Å²) in [6, 6.07) is 87.2. The largest absolute Gasteiger partial charge is 0.360 e. The number of anilines is 3. The van der Waals surface area contributed by atoms with E-state index in [1.807, 2.05) is 0 Å². The molecule has 1 fully saturated rings. The van der Waals surface area contributed by atoms with Crippen molar-refractivity contribution in [3.8, 4) is 33.5 Å². The molecule has 342 valence electrons. The summed E-state index contributed by atoms with van der Waals surface area (Å²) in [5.41, 5.74) is 19.1. The zero-order chi connectivity index (χ0) is 47.3. The van der Waals surface area contributed by atoms with Gasteiger partial charge in [0.05, 0.1) is 40.6 Å². The van der Waals surface area contributed by atoms with Gasteiger partial charge in [-0.1, -0.05) is 206 Å². The molecule has 0 saturated carbocycles. The quantitative estimate of drug-likeness (QED) is 0.142. The van der Waals surface area contributed by atoms with Crippen molar-refractivity contribution < 1.29 is 0 Å². The maximum Gasteiger partial charge on any atom is 0.145 e. The molecule has 0 aliphatic carbocycles. The molecular formula is C64H51N7. The van der Waals surface area contributed by atoms with Crippen molar-refractivity contribution in [2.24, 2.45) is 4.99 Å². The van der Waals surface area contributed by atoms with Crippen LogP contribution in [0.15, 0.2) is 254 Å². The topological polar surface area (TPSA) is 59.9 Å². The van der Waals surface area contributed by atoms with E-state index in [-0.39, 0.29) is 24.8 Å². The third kappa shape index (κ3) is 7.64. The Morgan fingerprint density at radius 2 is 0.972 bits per heavy atom. The van der Waals surface area contributed by atoms with Crippen LogP contribution in [0, 0.1) is 0 Å². The Bertz CT molecular complexity index is 3570. The fourth-order valence-corrected chi connectivity index (χ4v) is 11.0. The van der Waals surface area contributed by atoms with E-state index in [0.29, 0.717) is 0 Å². The van der Waals surface area contributed by atoms with E-state index in [1.165, 1.54) is 27.6 Å². The van der Waals surface area contributed by atoms with Crippen LogP contribution < -0.4 is 20.9 Å². The highest BCUT2D eigenvalue weighted by molar-refractivity contribution is 6.14. The van der Waals surface area contributed by atoms with Crippen LogP contribution in [0.3, 0.4) is 0 Å². The van der Waals surface area contributed by atoms with Gasteiger partial charge in [-0.2, -0.15) is 0 Å². The number of fused-ring (bicyclic) bond motifs is 7. The molecule has 0 spiro atoms. The second-order valence-corrected chi connectivity index (χ2v) is 18.5. The minimum absolute atomic E-state index is 0.0791. The Morgan fingerprint density at radius 1 is 0.451 bits per heavy atom. The Kier molecular flexibility index (Phi) is 10.8. The maximum atomic E-state index is 5.31. The first-order chi connectivity index (χ1) is 35.1. The summed E-state index contributed by atoms with van der Waals surface area (Å²) in [5, 5.41) is 13.1. The van der Waals surface area contributed by atoms with Gasteiger partial charge in [0.25, 0.3) is 0 Å². The van der Waals surface area contributed by atoms with Gasteiger partial charge in [0.15, 0.2) is 0 Å². The molecule has 3 N–H and O–H groups in total. The summed E-state index contributed by atoms with van der Waals surface area (Å²) in [5.74, 6) is 0. The number of nitrogens with one attached hydrogen (secondary N) is 3. The number of nitrogens with zero attached hydrogens (tertiary/aromatic N) is 4. The lowest BCUT2D eigenvalue weighted by Crippen LogP contribution is -2.56. The first-order valence-electron chi connectivity index (χ1n) is 24.5. The normalized spacial score (nSPS) is 18.6. The van der Waals surface area contributed by atoms with Crippen LogP contribution in [0.5, 0.6) is 0 Å². The van der Waals surface area contributed by atoms with Gasteiger partial charge >= 0.3 is 0 Å². The molecule has 10 aromatic rings. The fourth-order valence-electron chi connectivity index (χ4n) is 11.0. The van der Waals surface area contributed by atoms with E-state index in [9.17, 15) is 0 Å². The van der Waals surface area contributed by atoms with Crippen molar-refractivity contribution >= 4 is 39.4 Å². The minimum atomic E-state index is -0.288. The van der Waals surface area contributed by atoms with E-state index >= 15 is 0 Å². The number of aromatic nitrogens is 1. The lowest BCUT2D eigenvalue weighted by atomic mass is 9.97. The van der Waals surface area contributed by atoms with Gasteiger partial charge in [-0.05, 0) is 82.9 Å². The molecule has 9 aromatic carbocycles. The van der Waals surface area contributed by atoms with E-state index in [4.69, 9.17) is 4.99 Å². The Labute approximate surface area is 414 Å². The lowest BCUT2D eigenvalue weighted by molar-refractivity contribution is 0.0202. The minimum Gasteiger partial charge on any atom is -0.360 e. The van der Waals surface area contributed by atoms with Gasteiger partial charge in [-0.15, -0.1) is 0 Å². The van der Waals surface area contributed by atoms with Gasteiger partial charge < -0.3 is 14.8 Å². The van der Waals surface area contributed by atoms with Crippen molar-refractivity contribution in [1.29, 1.82) is 0 Å². The highest BCUT2D eigenvalue weighted by Gasteiger charge is 2.39. The van der Waals surface area contributed by atoms with Gasteiger partial charge in [0.1, 0.15) is 12.5 Å². The van der Waals surface area contributed by atoms with Crippen molar-refractivity contribution in [3.63, 3.8) is 0 Å². The van der Waals surface area contributed by atoms with E-state index < -0.39 is 0 Å². The molecule has 3 aliphatic heterocycles. The molecule has 0 amide bonds. The summed E-state index contributed by atoms with van der Waals surface area (Å²) in [4.78, 5) is 10.2. The fraction of sp³-hybridized carbons (Fsp3) is 0.0781. The van der Waals surface area contributed by atoms with Gasteiger partial charge in [0.2, 0.25) is 0 Å². The highest BCUT2D eigenvalue weighted by Crippen LogP contribution is 2.55. The summed E-state index contributed by atoms with van der Waals surface area (Å²) in [7, 11) is 2.20. The highest BCUT2D eigenvalue weighted by atomic mass is 15.5. The summed E-state index contributed by atoms with van der Waals surface area (Å²) in [6.45, 7) is 0. The number of rotatable bonds is 8. The van der Waals surface area contributed by atoms with Gasteiger partial charge in [-0.3, -0.25) is 20.5 Å². The zero-order valence-electron chi connectivity index (χ0n) is 39.3. The second kappa shape index (κ2) is 18.1. The molecule has 1 aromatic heterocycles. The second-order valence-electron chi connectivity index (χ2n) is 18.5. The summed E-state index contributed by atoms with van der Waals surface area (Å²) >= 11 is 0. The Balaban J connectivity index is 0.941. The third-order valence-corrected chi connectivity index (χ3v) is 14.3. The molecule has 71 heavy (non-hydrogen) atoms. The van der Waals surface area contributed by atoms with Crippen molar-refractivity contribution in [3.05, 3.63) is 277 Å². The molecule has 7 heteroatoms. The molecule has 13 rings (SSSR count). The third-order valence-electron chi connectivity index (χ3n) is 14.3. The Hall–Kier alpha value is -8.59. The van der Waals surface area contributed by atoms with Crippen molar-refractivity contribution in [1.82, 2.24) is 25.4 Å². The lowest BCUT2D eigenvalue weighted by Gasteiger charge is -2.46. The first-order valence-corrected chi connectivity index (χ1v) is 24.5. The van der Waals surface area contributed by atoms with Crippen molar-refractivity contribution in [2.45, 2.75) is 24.8 Å². The molecule has 3 atom stereocenters. The standard InChI is InChI=1S/C64H51N7/c1-69-62(45-26-10-4-11-27-45)67-64(68-63(69)46-28-12-5-13-29-46)71-57-38-18-15-35-52(57)59-51-34-14-17-37-56(51)70(58-39-19-16-36-53(58)60(59)71)50-33-21-31-48(41-50)47-30-20-32-49(40-47)55-42-54(43-22-6-2-7-23-43)65-61(66-55)44-24-8-3-9-25-44/h2-42,61-65,67-68H,1H3. The predicted molar refractivity (Wildman–Crippen MR) is 291 cm³/mol. The molecule has 0 bridgehead atoms. The SMILES string of the molecule is CN1C(c2ccccc2)NC(n2c3c(c4ccccc42)-c2ccccc2N(c2cccc(-c4cccc(C5=NC(c6ccccc6)NC(c6ccccc6)=C5)c4)c2)c2ccccc2-3)NC1c1ccccc1. The van der Waals surface area contributed by atoms with E-state index in [2.05, 4.69) is 286 Å². The van der Waals surface area contributed by atoms with Crippen LogP contribution in [0.1, 0.15) is 52.6 Å². The van der Waals surface area contributed by atoms with E-state index in [0.717, 1.165) is 73.1 Å². The summed E-state index contributed by atoms with van der Waals surface area (Å²) in [6.07, 6.45) is 1.52. The van der Waals surface area contributed by atoms with Gasteiger partial charge in [0, 0.05) is 39.0 Å². The van der Waals surface area contributed by atoms with Crippen LogP contribution in [0.4, 0.5) is 17.1 Å². The van der Waals surface area contributed by atoms with Crippen LogP contribution in [0.2, 0.25) is 0 Å². The number of para-hydroxylation sites is 3. The summed E-state index contributed by atoms with van der Waals surface area (Å²) < 4.78 is 2.52. The van der Waals surface area contributed by atoms with Crippen LogP contribution in [-0.4, -0.2) is 22.2 Å². The molecule has 3 aliphatic rings. The van der Waals surface area contributed by atoms with Crippen LogP contribution in [0.25, 0.3) is 50.1 Å². The molecule has 3 unspecified atom stereocenters. The molecule has 7 nitrogen and oxygen atoms in total. The Morgan fingerprint density at radius 3 is 1.66 bits per heavy atom. The molecule has 1 saturated heterocycles. The van der Waals surface area contributed by atoms with Crippen molar-refractivity contribution in [2.75, 3.05) is 11.9 Å². The first kappa shape index (κ1) is 42.5. The molecule has 4 heterocycles. The monoisotopic (exact) mass is 917 g/mol. The number of hydrogen-bond acceptors (Lipinski definition) is 6. The van der Waals surface area contributed by atoms with Gasteiger partial charge in [-0.25, -0.2) is 0 Å². The zero-order valence-corrected chi connectivity index (χ0v) is 39.3. The average molecular weight is 918 g/mol. The maximum absolute atomic E-state index is 5.31. The predicted octanol–water partition coefficient (Wildman–Crippen LogP) is 14.5. The smallest absolute Gasteiger partial charge is 0.145 e. The number of allylic oxidation sites excluding steroid dienone is 1.